The van der Waals surface area contributed by atoms with E-state index in [0.717, 1.165) is 16.7 Å². The van der Waals surface area contributed by atoms with Crippen LogP contribution in [0, 0.1) is 0 Å². The largest absolute Gasteiger partial charge is 0.508 e. The van der Waals surface area contributed by atoms with Crippen LogP contribution < -0.4 is 5.48 Å². The van der Waals surface area contributed by atoms with Crippen LogP contribution in [0.2, 0.25) is 0 Å². The minimum Gasteiger partial charge on any atom is -0.508 e. The van der Waals surface area contributed by atoms with E-state index >= 15 is 0 Å². The SMILES string of the molecule is O=C(OCc1ccccc1)[C@H](Cc1ccc(O)cc1)NOCc1ccccc1. The fourth-order valence-corrected chi connectivity index (χ4v) is 2.67. The summed E-state index contributed by atoms with van der Waals surface area (Å²) in [4.78, 5) is 18.2. The lowest BCUT2D eigenvalue weighted by Gasteiger charge is -2.18. The summed E-state index contributed by atoms with van der Waals surface area (Å²) in [6, 6.07) is 25.3. The first-order valence-corrected chi connectivity index (χ1v) is 9.10. The van der Waals surface area contributed by atoms with Gasteiger partial charge in [-0.3, -0.25) is 9.63 Å². The Bertz CT molecular complexity index is 851. The fraction of sp³-hybridized carbons (Fsp3) is 0.174. The molecule has 3 aromatic carbocycles. The van der Waals surface area contributed by atoms with Gasteiger partial charge in [-0.1, -0.05) is 72.8 Å². The summed E-state index contributed by atoms with van der Waals surface area (Å²) in [5.74, 6) is -0.217. The zero-order valence-electron chi connectivity index (χ0n) is 15.5. The number of hydrogen-bond donors (Lipinski definition) is 2. The molecule has 28 heavy (non-hydrogen) atoms. The van der Waals surface area contributed by atoms with Crippen molar-refractivity contribution in [1.29, 1.82) is 0 Å². The van der Waals surface area contributed by atoms with Crippen molar-refractivity contribution in [3.63, 3.8) is 0 Å². The zero-order chi connectivity index (χ0) is 19.6. The van der Waals surface area contributed by atoms with Gasteiger partial charge in [-0.2, -0.15) is 5.48 Å². The zero-order valence-corrected chi connectivity index (χ0v) is 15.5. The summed E-state index contributed by atoms with van der Waals surface area (Å²) < 4.78 is 5.46. The van der Waals surface area contributed by atoms with Gasteiger partial charge in [0.25, 0.3) is 0 Å². The smallest absolute Gasteiger partial charge is 0.326 e. The highest BCUT2D eigenvalue weighted by Crippen LogP contribution is 2.13. The van der Waals surface area contributed by atoms with Crippen molar-refractivity contribution >= 4 is 5.97 Å². The van der Waals surface area contributed by atoms with Gasteiger partial charge in [-0.15, -0.1) is 0 Å². The molecule has 0 heterocycles. The van der Waals surface area contributed by atoms with Gasteiger partial charge in [0.1, 0.15) is 18.4 Å². The van der Waals surface area contributed by atoms with Crippen molar-refractivity contribution in [2.24, 2.45) is 0 Å². The molecule has 5 nitrogen and oxygen atoms in total. The van der Waals surface area contributed by atoms with Gasteiger partial charge < -0.3 is 9.84 Å². The van der Waals surface area contributed by atoms with E-state index in [9.17, 15) is 9.90 Å². The van der Waals surface area contributed by atoms with E-state index in [1.165, 1.54) is 0 Å². The van der Waals surface area contributed by atoms with Crippen molar-refractivity contribution in [1.82, 2.24) is 5.48 Å². The van der Waals surface area contributed by atoms with Gasteiger partial charge in [0.05, 0.1) is 6.61 Å². The molecule has 0 bridgehead atoms. The van der Waals surface area contributed by atoms with Gasteiger partial charge in [0, 0.05) is 6.42 Å². The Labute approximate surface area is 164 Å². The predicted octanol–water partition coefficient (Wildman–Crippen LogP) is 3.77. The number of esters is 1. The van der Waals surface area contributed by atoms with Crippen LogP contribution in [0.5, 0.6) is 5.75 Å². The molecular weight excluding hydrogens is 354 g/mol. The van der Waals surface area contributed by atoms with Crippen LogP contribution in [-0.4, -0.2) is 17.1 Å². The first kappa shape index (κ1) is 19.6. The first-order chi connectivity index (χ1) is 13.7. The van der Waals surface area contributed by atoms with Crippen LogP contribution in [0.1, 0.15) is 16.7 Å². The molecule has 0 saturated carbocycles. The van der Waals surface area contributed by atoms with E-state index in [1.807, 2.05) is 60.7 Å². The van der Waals surface area contributed by atoms with E-state index < -0.39 is 12.0 Å². The number of hydrogen-bond acceptors (Lipinski definition) is 5. The Kier molecular flexibility index (Phi) is 7.18. The van der Waals surface area contributed by atoms with Crippen molar-refractivity contribution in [2.45, 2.75) is 25.7 Å². The van der Waals surface area contributed by atoms with Crippen molar-refractivity contribution in [2.75, 3.05) is 0 Å². The van der Waals surface area contributed by atoms with Crippen LogP contribution >= 0.6 is 0 Å². The molecule has 0 aliphatic heterocycles. The second-order valence-corrected chi connectivity index (χ2v) is 6.41. The number of rotatable bonds is 9. The second kappa shape index (κ2) is 10.3. The normalized spacial score (nSPS) is 11.7. The lowest BCUT2D eigenvalue weighted by atomic mass is 10.1. The highest BCUT2D eigenvalue weighted by atomic mass is 16.6. The Morgan fingerprint density at radius 2 is 1.36 bits per heavy atom. The molecule has 0 aliphatic carbocycles. The number of nitrogens with one attached hydrogen (secondary N) is 1. The van der Waals surface area contributed by atoms with Gasteiger partial charge in [-0.25, -0.2) is 0 Å². The second-order valence-electron chi connectivity index (χ2n) is 6.41. The quantitative estimate of drug-likeness (QED) is 0.439. The van der Waals surface area contributed by atoms with Crippen LogP contribution in [0.3, 0.4) is 0 Å². The third-order valence-corrected chi connectivity index (χ3v) is 4.19. The number of aromatic hydroxyl groups is 1. The third kappa shape index (κ3) is 6.23. The van der Waals surface area contributed by atoms with Crippen LogP contribution in [-0.2, 0) is 34.0 Å². The van der Waals surface area contributed by atoms with Crippen molar-refractivity contribution in [3.8, 4) is 5.75 Å². The standard InChI is InChI=1S/C23H23NO4/c25-21-13-11-18(12-14-21)15-22(24-28-17-20-9-5-2-6-10-20)23(26)27-16-19-7-3-1-4-8-19/h1-14,22,24-25H,15-17H2/t22-/m0/s1. The number of carbonyl (C=O) groups is 1. The van der Waals surface area contributed by atoms with Gasteiger partial charge in [0.2, 0.25) is 0 Å². The third-order valence-electron chi connectivity index (χ3n) is 4.19. The molecule has 0 fully saturated rings. The minimum absolute atomic E-state index is 0.181. The Morgan fingerprint density at radius 3 is 1.96 bits per heavy atom. The maximum Gasteiger partial charge on any atom is 0.326 e. The Hall–Kier alpha value is -3.15. The van der Waals surface area contributed by atoms with E-state index in [-0.39, 0.29) is 12.4 Å². The lowest BCUT2D eigenvalue weighted by Crippen LogP contribution is -2.39. The highest BCUT2D eigenvalue weighted by molar-refractivity contribution is 5.76. The Morgan fingerprint density at radius 1 is 0.786 bits per heavy atom. The monoisotopic (exact) mass is 377 g/mol. The molecular formula is C23H23NO4. The summed E-state index contributed by atoms with van der Waals surface area (Å²) in [5.41, 5.74) is 5.63. The van der Waals surface area contributed by atoms with E-state index in [4.69, 9.17) is 9.57 Å². The van der Waals surface area contributed by atoms with Crippen LogP contribution in [0.25, 0.3) is 0 Å². The Balaban J connectivity index is 1.60. The van der Waals surface area contributed by atoms with E-state index in [1.54, 1.807) is 24.3 Å². The lowest BCUT2D eigenvalue weighted by molar-refractivity contribution is -0.152. The summed E-state index contributed by atoms with van der Waals surface area (Å²) in [6.07, 6.45) is 0.378. The number of phenols is 1. The topological polar surface area (TPSA) is 67.8 Å². The molecule has 0 aliphatic rings. The molecule has 144 valence electrons. The van der Waals surface area contributed by atoms with Gasteiger partial charge in [0.15, 0.2) is 0 Å². The number of phenolic OH excluding ortho intramolecular Hbond substituents is 1. The molecule has 2 N–H and O–H groups in total. The van der Waals surface area contributed by atoms with Crippen LogP contribution in [0.4, 0.5) is 0 Å². The first-order valence-electron chi connectivity index (χ1n) is 9.10. The number of carbonyl (C=O) groups excluding carboxylic acids is 1. The van der Waals surface area contributed by atoms with Crippen molar-refractivity contribution in [3.05, 3.63) is 102 Å². The summed E-state index contributed by atoms with van der Waals surface area (Å²) >= 11 is 0. The summed E-state index contributed by atoms with van der Waals surface area (Å²) in [5, 5.41) is 9.45. The van der Waals surface area contributed by atoms with E-state index in [2.05, 4.69) is 5.48 Å². The highest BCUT2D eigenvalue weighted by Gasteiger charge is 2.21. The van der Waals surface area contributed by atoms with E-state index in [0.29, 0.717) is 13.0 Å². The molecule has 0 aromatic heterocycles. The maximum atomic E-state index is 12.6. The summed E-state index contributed by atoms with van der Waals surface area (Å²) in [6.45, 7) is 0.533. The van der Waals surface area contributed by atoms with Crippen molar-refractivity contribution < 1.29 is 19.5 Å². The van der Waals surface area contributed by atoms with Gasteiger partial charge in [-0.05, 0) is 28.8 Å². The number of benzene rings is 3. The fourth-order valence-electron chi connectivity index (χ4n) is 2.67. The number of hydroxylamine groups is 1. The molecule has 0 unspecified atom stereocenters. The molecule has 0 amide bonds. The molecule has 1 atom stereocenters. The molecule has 0 radical (unpaired) electrons. The van der Waals surface area contributed by atoms with Crippen LogP contribution in [0.15, 0.2) is 84.9 Å². The molecule has 3 aromatic rings. The average molecular weight is 377 g/mol. The molecule has 0 saturated heterocycles. The van der Waals surface area contributed by atoms with Gasteiger partial charge >= 0.3 is 5.97 Å². The molecule has 5 heteroatoms. The predicted molar refractivity (Wildman–Crippen MR) is 106 cm³/mol. The minimum atomic E-state index is -0.669. The molecule has 3 rings (SSSR count). The molecule has 0 spiro atoms. The average Bonchev–Trinajstić information content (AvgIpc) is 2.74. The number of ether oxygens (including phenoxy) is 1. The summed E-state index contributed by atoms with van der Waals surface area (Å²) in [7, 11) is 0. The maximum absolute atomic E-state index is 12.6.